The first kappa shape index (κ1) is 15.0. The Morgan fingerprint density at radius 1 is 1.40 bits per heavy atom. The van der Waals surface area contributed by atoms with Gasteiger partial charge < -0.3 is 15.7 Å². The third kappa shape index (κ3) is 4.03. The van der Waals surface area contributed by atoms with E-state index in [0.29, 0.717) is 25.3 Å². The van der Waals surface area contributed by atoms with Gasteiger partial charge in [-0.05, 0) is 24.3 Å². The molecule has 6 nitrogen and oxygen atoms in total. The van der Waals surface area contributed by atoms with Crippen molar-refractivity contribution in [1.29, 1.82) is 0 Å². The Morgan fingerprint density at radius 3 is 2.75 bits per heavy atom. The summed E-state index contributed by atoms with van der Waals surface area (Å²) < 4.78 is 0.934. The van der Waals surface area contributed by atoms with Crippen LogP contribution in [0, 0.1) is 0 Å². The molecule has 7 heteroatoms. The van der Waals surface area contributed by atoms with Crippen molar-refractivity contribution in [3.8, 4) is 0 Å². The minimum Gasteiger partial charge on any atom is -0.480 e. The standard InChI is InChI=1S/C13H16BrN3O3/c14-9-1-3-10(4-2-9)16-12(18)8-17-6-5-15-7-11(17)13(19)20/h1-4,11,15H,5-8H2,(H,16,18)(H,19,20). The van der Waals surface area contributed by atoms with Crippen molar-refractivity contribution < 1.29 is 14.7 Å². The zero-order valence-electron chi connectivity index (χ0n) is 10.8. The number of nitrogens with one attached hydrogen (secondary N) is 2. The molecule has 0 aliphatic carbocycles. The molecule has 0 aromatic heterocycles. The average Bonchev–Trinajstić information content (AvgIpc) is 2.41. The topological polar surface area (TPSA) is 81.7 Å². The summed E-state index contributed by atoms with van der Waals surface area (Å²) in [6.07, 6.45) is 0. The molecule has 1 aliphatic heterocycles. The first-order valence-electron chi connectivity index (χ1n) is 6.29. The number of benzene rings is 1. The summed E-state index contributed by atoms with van der Waals surface area (Å²) in [6, 6.07) is 6.59. The van der Waals surface area contributed by atoms with E-state index in [-0.39, 0.29) is 12.5 Å². The van der Waals surface area contributed by atoms with Gasteiger partial charge in [-0.25, -0.2) is 0 Å². The fourth-order valence-electron chi connectivity index (χ4n) is 2.10. The van der Waals surface area contributed by atoms with E-state index in [2.05, 4.69) is 26.6 Å². The summed E-state index contributed by atoms with van der Waals surface area (Å²) in [7, 11) is 0. The van der Waals surface area contributed by atoms with E-state index in [1.54, 1.807) is 17.0 Å². The van der Waals surface area contributed by atoms with Crippen LogP contribution in [0.15, 0.2) is 28.7 Å². The second-order valence-corrected chi connectivity index (χ2v) is 5.50. The monoisotopic (exact) mass is 341 g/mol. The molecular formula is C13H16BrN3O3. The van der Waals surface area contributed by atoms with Crippen molar-refractivity contribution in [2.45, 2.75) is 6.04 Å². The van der Waals surface area contributed by atoms with Crippen LogP contribution in [0.25, 0.3) is 0 Å². The number of amides is 1. The van der Waals surface area contributed by atoms with Gasteiger partial charge in [0.2, 0.25) is 5.91 Å². The third-order valence-corrected chi connectivity index (χ3v) is 3.64. The Morgan fingerprint density at radius 2 is 2.10 bits per heavy atom. The number of piperazine rings is 1. The molecule has 0 spiro atoms. The van der Waals surface area contributed by atoms with Crippen LogP contribution in [0.2, 0.25) is 0 Å². The van der Waals surface area contributed by atoms with Gasteiger partial charge in [0.15, 0.2) is 0 Å². The minimum absolute atomic E-state index is 0.0781. The summed E-state index contributed by atoms with van der Waals surface area (Å²) in [4.78, 5) is 24.8. The van der Waals surface area contributed by atoms with Crippen LogP contribution in [0.3, 0.4) is 0 Å². The summed E-state index contributed by atoms with van der Waals surface area (Å²) in [5.74, 6) is -1.12. The van der Waals surface area contributed by atoms with Crippen molar-refractivity contribution in [2.75, 3.05) is 31.5 Å². The SMILES string of the molecule is O=C(CN1CCNCC1C(=O)O)Nc1ccc(Br)cc1. The summed E-state index contributed by atoms with van der Waals surface area (Å²) in [5, 5.41) is 14.9. The third-order valence-electron chi connectivity index (χ3n) is 3.11. The number of carbonyl (C=O) groups excluding carboxylic acids is 1. The molecule has 108 valence electrons. The largest absolute Gasteiger partial charge is 0.480 e. The highest BCUT2D eigenvalue weighted by Gasteiger charge is 2.29. The van der Waals surface area contributed by atoms with Gasteiger partial charge in [-0.1, -0.05) is 15.9 Å². The van der Waals surface area contributed by atoms with Crippen molar-refractivity contribution in [3.63, 3.8) is 0 Å². The van der Waals surface area contributed by atoms with E-state index < -0.39 is 12.0 Å². The second-order valence-electron chi connectivity index (χ2n) is 4.58. The molecule has 1 aromatic carbocycles. The Kier molecular flexibility index (Phi) is 5.11. The minimum atomic E-state index is -0.909. The van der Waals surface area contributed by atoms with Gasteiger partial charge >= 0.3 is 5.97 Å². The highest BCUT2D eigenvalue weighted by atomic mass is 79.9. The molecule has 1 amide bonds. The molecule has 1 fully saturated rings. The highest BCUT2D eigenvalue weighted by Crippen LogP contribution is 2.14. The maximum Gasteiger partial charge on any atom is 0.322 e. The molecule has 0 radical (unpaired) electrons. The predicted octanol–water partition coefficient (Wildman–Crippen LogP) is 0.746. The smallest absolute Gasteiger partial charge is 0.322 e. The second kappa shape index (κ2) is 6.83. The molecule has 2 rings (SSSR count). The van der Waals surface area contributed by atoms with Gasteiger partial charge in [0, 0.05) is 29.8 Å². The summed E-state index contributed by atoms with van der Waals surface area (Å²) >= 11 is 3.32. The van der Waals surface area contributed by atoms with Crippen LogP contribution in [0.1, 0.15) is 0 Å². The Bertz CT molecular complexity index is 492. The number of hydrogen-bond donors (Lipinski definition) is 3. The van der Waals surface area contributed by atoms with E-state index in [1.807, 2.05) is 12.1 Å². The van der Waals surface area contributed by atoms with Crippen molar-refractivity contribution in [1.82, 2.24) is 10.2 Å². The Labute approximate surface area is 125 Å². The zero-order valence-corrected chi connectivity index (χ0v) is 12.4. The lowest BCUT2D eigenvalue weighted by atomic mass is 10.2. The maximum atomic E-state index is 12.0. The number of halogens is 1. The zero-order chi connectivity index (χ0) is 14.5. The van der Waals surface area contributed by atoms with Crippen LogP contribution in [-0.2, 0) is 9.59 Å². The molecule has 1 aliphatic rings. The number of anilines is 1. The number of hydrogen-bond acceptors (Lipinski definition) is 4. The van der Waals surface area contributed by atoms with E-state index >= 15 is 0 Å². The van der Waals surface area contributed by atoms with Crippen LogP contribution >= 0.6 is 15.9 Å². The molecule has 1 aromatic rings. The fraction of sp³-hybridized carbons (Fsp3) is 0.385. The number of rotatable bonds is 4. The molecule has 0 saturated carbocycles. The van der Waals surface area contributed by atoms with Gasteiger partial charge in [-0.2, -0.15) is 0 Å². The Balaban J connectivity index is 1.92. The molecular weight excluding hydrogens is 326 g/mol. The van der Waals surface area contributed by atoms with Gasteiger partial charge in [0.05, 0.1) is 6.54 Å². The summed E-state index contributed by atoms with van der Waals surface area (Å²) in [5.41, 5.74) is 0.695. The molecule has 1 atom stereocenters. The predicted molar refractivity (Wildman–Crippen MR) is 78.6 cm³/mol. The Hall–Kier alpha value is -1.44. The maximum absolute atomic E-state index is 12.0. The van der Waals surface area contributed by atoms with Crippen LogP contribution in [0.4, 0.5) is 5.69 Å². The molecule has 20 heavy (non-hydrogen) atoms. The molecule has 0 bridgehead atoms. The van der Waals surface area contributed by atoms with E-state index in [9.17, 15) is 9.59 Å². The number of aliphatic carboxylic acids is 1. The molecule has 1 unspecified atom stereocenters. The average molecular weight is 342 g/mol. The number of carboxylic acids is 1. The van der Waals surface area contributed by atoms with Crippen molar-refractivity contribution >= 4 is 33.5 Å². The van der Waals surface area contributed by atoms with Gasteiger partial charge in [-0.3, -0.25) is 14.5 Å². The van der Waals surface area contributed by atoms with Gasteiger partial charge in [0.1, 0.15) is 6.04 Å². The number of nitrogens with zero attached hydrogens (tertiary/aromatic N) is 1. The van der Waals surface area contributed by atoms with E-state index in [4.69, 9.17) is 5.11 Å². The van der Waals surface area contributed by atoms with E-state index in [0.717, 1.165) is 4.47 Å². The van der Waals surface area contributed by atoms with Gasteiger partial charge in [0.25, 0.3) is 0 Å². The normalized spacial score (nSPS) is 19.6. The van der Waals surface area contributed by atoms with Crippen LogP contribution < -0.4 is 10.6 Å². The molecule has 1 heterocycles. The number of carbonyl (C=O) groups is 2. The summed E-state index contributed by atoms with van der Waals surface area (Å²) in [6.45, 7) is 1.68. The van der Waals surface area contributed by atoms with Crippen LogP contribution in [0.5, 0.6) is 0 Å². The van der Waals surface area contributed by atoms with Crippen LogP contribution in [-0.4, -0.2) is 54.1 Å². The lowest BCUT2D eigenvalue weighted by molar-refractivity contribution is -0.144. The highest BCUT2D eigenvalue weighted by molar-refractivity contribution is 9.10. The first-order valence-corrected chi connectivity index (χ1v) is 7.08. The number of carboxylic acid groups (broad SMARTS) is 1. The first-order chi connectivity index (χ1) is 9.56. The lowest BCUT2D eigenvalue weighted by Crippen LogP contribution is -2.56. The van der Waals surface area contributed by atoms with Crippen molar-refractivity contribution in [2.24, 2.45) is 0 Å². The molecule has 1 saturated heterocycles. The van der Waals surface area contributed by atoms with Gasteiger partial charge in [-0.15, -0.1) is 0 Å². The van der Waals surface area contributed by atoms with E-state index in [1.165, 1.54) is 0 Å². The molecule has 3 N–H and O–H groups in total. The van der Waals surface area contributed by atoms with Crippen molar-refractivity contribution in [3.05, 3.63) is 28.7 Å². The lowest BCUT2D eigenvalue weighted by Gasteiger charge is -2.32. The quantitative estimate of drug-likeness (QED) is 0.752. The fourth-order valence-corrected chi connectivity index (χ4v) is 2.36.